The van der Waals surface area contributed by atoms with E-state index in [0.717, 1.165) is 12.8 Å². The smallest absolute Gasteiger partial charge is 0.330 e. The molecule has 6 nitrogen and oxygen atoms in total. The Balaban J connectivity index is 2.33. The summed E-state index contributed by atoms with van der Waals surface area (Å²) in [5.41, 5.74) is 0.550. The monoisotopic (exact) mass is 306 g/mol. The van der Waals surface area contributed by atoms with Crippen molar-refractivity contribution in [3.8, 4) is 0 Å². The van der Waals surface area contributed by atoms with Gasteiger partial charge >= 0.3 is 5.97 Å². The standard InChI is InChI=1S/C16H22N2O4/c1-12(19)17-11-7-3-6-10-14(20)18-15(16(21)22)13-8-4-2-5-9-13/h2,4-5,8-9,15H,3,6-7,10-11H2,1H3,(H,17,19)(H,18,20)(H,21,22)/t15-/m0/s1. The summed E-state index contributed by atoms with van der Waals surface area (Å²) in [7, 11) is 0. The number of benzene rings is 1. The quantitative estimate of drug-likeness (QED) is 0.604. The predicted octanol–water partition coefficient (Wildman–Crippen LogP) is 1.62. The molecule has 1 rings (SSSR count). The van der Waals surface area contributed by atoms with Gasteiger partial charge in [-0.25, -0.2) is 4.79 Å². The Hall–Kier alpha value is -2.37. The first-order valence-electron chi connectivity index (χ1n) is 7.32. The number of hydrogen-bond donors (Lipinski definition) is 3. The van der Waals surface area contributed by atoms with Gasteiger partial charge in [0.25, 0.3) is 0 Å². The van der Waals surface area contributed by atoms with E-state index in [0.29, 0.717) is 18.5 Å². The number of carbonyl (C=O) groups is 3. The van der Waals surface area contributed by atoms with Crippen LogP contribution in [0.25, 0.3) is 0 Å². The molecule has 0 radical (unpaired) electrons. The Bertz CT molecular complexity index is 502. The second kappa shape index (κ2) is 9.55. The van der Waals surface area contributed by atoms with Crippen LogP contribution in [0.2, 0.25) is 0 Å². The Morgan fingerprint density at radius 3 is 2.36 bits per heavy atom. The summed E-state index contributed by atoms with van der Waals surface area (Å²) in [6.07, 6.45) is 2.54. The van der Waals surface area contributed by atoms with Gasteiger partial charge in [-0.15, -0.1) is 0 Å². The van der Waals surface area contributed by atoms with Crippen molar-refractivity contribution >= 4 is 17.8 Å². The van der Waals surface area contributed by atoms with Crippen LogP contribution < -0.4 is 10.6 Å². The summed E-state index contributed by atoms with van der Waals surface area (Å²) in [6.45, 7) is 2.06. The van der Waals surface area contributed by atoms with Crippen LogP contribution in [0.5, 0.6) is 0 Å². The largest absolute Gasteiger partial charge is 0.479 e. The van der Waals surface area contributed by atoms with Gasteiger partial charge in [0.15, 0.2) is 6.04 Å². The number of aliphatic carboxylic acids is 1. The summed E-state index contributed by atoms with van der Waals surface area (Å²) < 4.78 is 0. The molecule has 0 spiro atoms. The maximum Gasteiger partial charge on any atom is 0.330 e. The van der Waals surface area contributed by atoms with E-state index in [4.69, 9.17) is 0 Å². The minimum Gasteiger partial charge on any atom is -0.479 e. The Kier molecular flexibility index (Phi) is 7.67. The molecule has 0 heterocycles. The van der Waals surface area contributed by atoms with Gasteiger partial charge in [0.05, 0.1) is 0 Å². The SMILES string of the molecule is CC(=O)NCCCCCC(=O)N[C@H](C(=O)O)c1ccccc1. The molecule has 6 heteroatoms. The fourth-order valence-corrected chi connectivity index (χ4v) is 2.02. The van der Waals surface area contributed by atoms with Gasteiger partial charge in [-0.3, -0.25) is 9.59 Å². The Morgan fingerprint density at radius 1 is 1.09 bits per heavy atom. The third-order valence-electron chi connectivity index (χ3n) is 3.14. The van der Waals surface area contributed by atoms with Gasteiger partial charge in [0.1, 0.15) is 0 Å². The molecule has 0 aliphatic carbocycles. The fourth-order valence-electron chi connectivity index (χ4n) is 2.02. The summed E-state index contributed by atoms with van der Waals surface area (Å²) in [5, 5.41) is 14.4. The van der Waals surface area contributed by atoms with Crippen molar-refractivity contribution in [2.45, 2.75) is 38.6 Å². The van der Waals surface area contributed by atoms with Crippen molar-refractivity contribution in [1.82, 2.24) is 10.6 Å². The van der Waals surface area contributed by atoms with E-state index in [9.17, 15) is 19.5 Å². The van der Waals surface area contributed by atoms with Crippen LogP contribution in [-0.2, 0) is 14.4 Å². The van der Waals surface area contributed by atoms with Gasteiger partial charge in [0, 0.05) is 19.9 Å². The van der Waals surface area contributed by atoms with Crippen LogP contribution in [-0.4, -0.2) is 29.4 Å². The van der Waals surface area contributed by atoms with E-state index in [1.807, 2.05) is 0 Å². The number of unbranched alkanes of at least 4 members (excludes halogenated alkanes) is 2. The highest BCUT2D eigenvalue weighted by molar-refractivity contribution is 5.84. The minimum absolute atomic E-state index is 0.0649. The lowest BCUT2D eigenvalue weighted by molar-refractivity contribution is -0.142. The first-order chi connectivity index (χ1) is 10.5. The number of carbonyl (C=O) groups excluding carboxylic acids is 2. The summed E-state index contributed by atoms with van der Waals surface area (Å²) in [5.74, 6) is -1.43. The Labute approximate surface area is 129 Å². The maximum atomic E-state index is 11.8. The molecule has 0 fully saturated rings. The average molecular weight is 306 g/mol. The molecule has 0 saturated carbocycles. The lowest BCUT2D eigenvalue weighted by Gasteiger charge is -2.14. The first-order valence-corrected chi connectivity index (χ1v) is 7.32. The molecule has 0 saturated heterocycles. The van der Waals surface area contributed by atoms with E-state index < -0.39 is 12.0 Å². The van der Waals surface area contributed by atoms with Gasteiger partial charge in [-0.2, -0.15) is 0 Å². The predicted molar refractivity (Wildman–Crippen MR) is 82.1 cm³/mol. The molecule has 0 unspecified atom stereocenters. The van der Waals surface area contributed by atoms with Crippen molar-refractivity contribution < 1.29 is 19.5 Å². The van der Waals surface area contributed by atoms with Crippen LogP contribution in [0.3, 0.4) is 0 Å². The number of hydrogen-bond acceptors (Lipinski definition) is 3. The third kappa shape index (κ3) is 6.88. The average Bonchev–Trinajstić information content (AvgIpc) is 2.48. The van der Waals surface area contributed by atoms with E-state index in [1.165, 1.54) is 6.92 Å². The van der Waals surface area contributed by atoms with Crippen molar-refractivity contribution in [3.05, 3.63) is 35.9 Å². The third-order valence-corrected chi connectivity index (χ3v) is 3.14. The molecule has 3 N–H and O–H groups in total. The summed E-state index contributed by atoms with van der Waals surface area (Å²) in [4.78, 5) is 33.8. The molecule has 2 amide bonds. The molecule has 1 atom stereocenters. The molecule has 0 aliphatic rings. The van der Waals surface area contributed by atoms with E-state index in [1.54, 1.807) is 30.3 Å². The summed E-state index contributed by atoms with van der Waals surface area (Å²) in [6, 6.07) is 7.59. The van der Waals surface area contributed by atoms with Gasteiger partial charge < -0.3 is 15.7 Å². The van der Waals surface area contributed by atoms with Crippen LogP contribution in [0.15, 0.2) is 30.3 Å². The number of amides is 2. The van der Waals surface area contributed by atoms with Crippen molar-refractivity contribution in [2.75, 3.05) is 6.54 Å². The Morgan fingerprint density at radius 2 is 1.77 bits per heavy atom. The molecule has 22 heavy (non-hydrogen) atoms. The molecule has 120 valence electrons. The molecular formula is C16H22N2O4. The highest BCUT2D eigenvalue weighted by Gasteiger charge is 2.21. The minimum atomic E-state index is -1.08. The first kappa shape index (κ1) is 17.7. The zero-order valence-electron chi connectivity index (χ0n) is 12.7. The lowest BCUT2D eigenvalue weighted by atomic mass is 10.1. The van der Waals surface area contributed by atoms with Gasteiger partial charge in [-0.05, 0) is 18.4 Å². The van der Waals surface area contributed by atoms with Crippen LogP contribution in [0.4, 0.5) is 0 Å². The van der Waals surface area contributed by atoms with Crippen molar-refractivity contribution in [2.24, 2.45) is 0 Å². The molecule has 0 aliphatic heterocycles. The van der Waals surface area contributed by atoms with Crippen LogP contribution in [0.1, 0.15) is 44.2 Å². The number of rotatable bonds is 9. The number of nitrogens with one attached hydrogen (secondary N) is 2. The fraction of sp³-hybridized carbons (Fsp3) is 0.438. The van der Waals surface area contributed by atoms with Crippen molar-refractivity contribution in [3.63, 3.8) is 0 Å². The molecule has 0 aromatic heterocycles. The normalized spacial score (nSPS) is 11.5. The van der Waals surface area contributed by atoms with E-state index in [-0.39, 0.29) is 18.2 Å². The maximum absolute atomic E-state index is 11.8. The summed E-state index contributed by atoms with van der Waals surface area (Å²) >= 11 is 0. The van der Waals surface area contributed by atoms with E-state index >= 15 is 0 Å². The zero-order chi connectivity index (χ0) is 16.4. The molecule has 1 aromatic carbocycles. The topological polar surface area (TPSA) is 95.5 Å². The lowest BCUT2D eigenvalue weighted by Crippen LogP contribution is -2.33. The zero-order valence-corrected chi connectivity index (χ0v) is 12.7. The molecule has 0 bridgehead atoms. The number of carboxylic acid groups (broad SMARTS) is 1. The number of carboxylic acids is 1. The molecular weight excluding hydrogens is 284 g/mol. The highest BCUT2D eigenvalue weighted by Crippen LogP contribution is 2.13. The van der Waals surface area contributed by atoms with Gasteiger partial charge in [0.2, 0.25) is 11.8 Å². The second-order valence-corrected chi connectivity index (χ2v) is 5.04. The van der Waals surface area contributed by atoms with Crippen LogP contribution in [0, 0.1) is 0 Å². The van der Waals surface area contributed by atoms with E-state index in [2.05, 4.69) is 10.6 Å². The van der Waals surface area contributed by atoms with Crippen molar-refractivity contribution in [1.29, 1.82) is 0 Å². The highest BCUT2D eigenvalue weighted by atomic mass is 16.4. The van der Waals surface area contributed by atoms with Crippen LogP contribution >= 0.6 is 0 Å². The second-order valence-electron chi connectivity index (χ2n) is 5.04. The molecule has 1 aromatic rings. The van der Waals surface area contributed by atoms with Gasteiger partial charge in [-0.1, -0.05) is 36.8 Å².